The molecule has 1 atom stereocenters. The summed E-state index contributed by atoms with van der Waals surface area (Å²) in [5.74, 6) is -0.364. The van der Waals surface area contributed by atoms with E-state index in [1.54, 1.807) is 27.7 Å². The van der Waals surface area contributed by atoms with Crippen LogP contribution >= 0.6 is 0 Å². The zero-order valence-electron chi connectivity index (χ0n) is 12.6. The minimum absolute atomic E-state index is 0.325. The average molecular weight is 272 g/mol. The minimum atomic E-state index is -0.753. The lowest BCUT2D eigenvalue weighted by atomic mass is 10.1. The summed E-state index contributed by atoms with van der Waals surface area (Å²) in [4.78, 5) is 28.5. The molecule has 0 aliphatic heterocycles. The summed E-state index contributed by atoms with van der Waals surface area (Å²) >= 11 is 0. The Morgan fingerprint density at radius 2 is 1.89 bits per heavy atom. The van der Waals surface area contributed by atoms with E-state index < -0.39 is 17.7 Å². The Balaban J connectivity index is 4.73. The first kappa shape index (κ1) is 17.4. The van der Waals surface area contributed by atoms with Crippen LogP contribution in [0.3, 0.4) is 0 Å². The molecule has 0 fully saturated rings. The Hall–Kier alpha value is -1.56. The number of hydrogen-bond donors (Lipinski definition) is 1. The third-order valence-corrected chi connectivity index (χ3v) is 2.13. The zero-order valence-corrected chi connectivity index (χ0v) is 12.6. The van der Waals surface area contributed by atoms with Crippen molar-refractivity contribution in [2.24, 2.45) is 0 Å². The zero-order chi connectivity index (χ0) is 15.2. The van der Waals surface area contributed by atoms with Crippen molar-refractivity contribution in [2.45, 2.75) is 45.8 Å². The highest BCUT2D eigenvalue weighted by atomic mass is 16.7. The fourth-order valence-corrected chi connectivity index (χ4v) is 1.31. The number of rotatable bonds is 5. The van der Waals surface area contributed by atoms with E-state index in [2.05, 4.69) is 11.9 Å². The molecule has 6 nitrogen and oxygen atoms in total. The van der Waals surface area contributed by atoms with Gasteiger partial charge in [0.2, 0.25) is 0 Å². The molecular formula is C13H24N2O4. The smallest absolute Gasteiger partial charge is 0.408 e. The summed E-state index contributed by atoms with van der Waals surface area (Å²) < 4.78 is 5.12. The monoisotopic (exact) mass is 272 g/mol. The maximum Gasteiger partial charge on any atom is 0.408 e. The van der Waals surface area contributed by atoms with E-state index in [0.29, 0.717) is 6.42 Å². The second kappa shape index (κ2) is 7.13. The van der Waals surface area contributed by atoms with Crippen LogP contribution in [0.1, 0.15) is 34.1 Å². The summed E-state index contributed by atoms with van der Waals surface area (Å²) in [6.07, 6.45) is -0.317. The molecule has 0 aromatic rings. The molecule has 19 heavy (non-hydrogen) atoms. The van der Waals surface area contributed by atoms with Gasteiger partial charge in [-0.05, 0) is 34.1 Å². The van der Waals surface area contributed by atoms with Gasteiger partial charge in [0.15, 0.2) is 0 Å². The van der Waals surface area contributed by atoms with Crippen molar-refractivity contribution in [3.8, 4) is 0 Å². The molecule has 0 saturated heterocycles. The Morgan fingerprint density at radius 1 is 1.37 bits per heavy atom. The van der Waals surface area contributed by atoms with Crippen molar-refractivity contribution in [1.82, 2.24) is 10.4 Å². The van der Waals surface area contributed by atoms with E-state index in [4.69, 9.17) is 9.57 Å². The minimum Gasteiger partial charge on any atom is -0.444 e. The SMILES string of the molecule is C=C(C)CC(NC(=O)OC(C)(C)C)C(=O)N(C)OC. The quantitative estimate of drug-likeness (QED) is 0.613. The van der Waals surface area contributed by atoms with Gasteiger partial charge in [-0.15, -0.1) is 6.58 Å². The highest BCUT2D eigenvalue weighted by molar-refractivity contribution is 5.85. The van der Waals surface area contributed by atoms with Gasteiger partial charge in [-0.2, -0.15) is 0 Å². The van der Waals surface area contributed by atoms with Crippen LogP contribution in [0.5, 0.6) is 0 Å². The Labute approximate surface area is 114 Å². The van der Waals surface area contributed by atoms with Crippen molar-refractivity contribution in [3.05, 3.63) is 12.2 Å². The van der Waals surface area contributed by atoms with Crippen molar-refractivity contribution in [2.75, 3.05) is 14.2 Å². The average Bonchev–Trinajstić information content (AvgIpc) is 2.22. The Morgan fingerprint density at radius 3 is 2.26 bits per heavy atom. The molecule has 1 unspecified atom stereocenters. The summed E-state index contributed by atoms with van der Waals surface area (Å²) in [5, 5.41) is 3.59. The van der Waals surface area contributed by atoms with E-state index in [1.165, 1.54) is 14.2 Å². The summed E-state index contributed by atoms with van der Waals surface area (Å²) in [5.41, 5.74) is 0.160. The molecule has 0 aliphatic rings. The predicted molar refractivity (Wildman–Crippen MR) is 72.4 cm³/mol. The lowest BCUT2D eigenvalue weighted by Gasteiger charge is -2.25. The number of nitrogens with one attached hydrogen (secondary N) is 1. The molecule has 0 aromatic heterocycles. The molecule has 0 aromatic carbocycles. The maximum absolute atomic E-state index is 12.0. The number of carbonyl (C=O) groups excluding carboxylic acids is 2. The summed E-state index contributed by atoms with van der Waals surface area (Å²) in [7, 11) is 2.85. The van der Waals surface area contributed by atoms with Crippen LogP contribution in [0.2, 0.25) is 0 Å². The van der Waals surface area contributed by atoms with Crippen LogP contribution in [0.15, 0.2) is 12.2 Å². The van der Waals surface area contributed by atoms with Crippen LogP contribution in [-0.4, -0.2) is 42.9 Å². The summed E-state index contributed by atoms with van der Waals surface area (Å²) in [6, 6.07) is -0.753. The van der Waals surface area contributed by atoms with Gasteiger partial charge in [0, 0.05) is 7.05 Å². The summed E-state index contributed by atoms with van der Waals surface area (Å²) in [6.45, 7) is 10.8. The van der Waals surface area contributed by atoms with Crippen LogP contribution in [0.25, 0.3) is 0 Å². The van der Waals surface area contributed by atoms with E-state index in [1.807, 2.05) is 0 Å². The first-order chi connectivity index (χ1) is 8.56. The number of ether oxygens (including phenoxy) is 1. The van der Waals surface area contributed by atoms with Gasteiger partial charge in [0.05, 0.1) is 7.11 Å². The number of hydrogen-bond acceptors (Lipinski definition) is 4. The molecule has 0 spiro atoms. The number of carbonyl (C=O) groups is 2. The first-order valence-electron chi connectivity index (χ1n) is 6.02. The molecular weight excluding hydrogens is 248 g/mol. The molecule has 6 heteroatoms. The highest BCUT2D eigenvalue weighted by Gasteiger charge is 2.26. The highest BCUT2D eigenvalue weighted by Crippen LogP contribution is 2.09. The number of nitrogens with zero attached hydrogens (tertiary/aromatic N) is 1. The molecule has 0 aliphatic carbocycles. The molecule has 0 bridgehead atoms. The van der Waals surface area contributed by atoms with Gasteiger partial charge >= 0.3 is 6.09 Å². The predicted octanol–water partition coefficient (Wildman–Crippen LogP) is 1.87. The normalized spacial score (nSPS) is 12.5. The van der Waals surface area contributed by atoms with Gasteiger partial charge in [0.25, 0.3) is 5.91 Å². The standard InChI is InChI=1S/C13H24N2O4/c1-9(2)8-10(11(16)15(6)18-7)14-12(17)19-13(3,4)5/h10H,1,8H2,2-7H3,(H,14,17). The van der Waals surface area contributed by atoms with Crippen molar-refractivity contribution >= 4 is 12.0 Å². The number of hydroxylamine groups is 2. The second-order valence-electron chi connectivity index (χ2n) is 5.38. The van der Waals surface area contributed by atoms with E-state index in [9.17, 15) is 9.59 Å². The molecule has 0 heterocycles. The van der Waals surface area contributed by atoms with Crippen molar-refractivity contribution < 1.29 is 19.2 Å². The van der Waals surface area contributed by atoms with Crippen molar-refractivity contribution in [1.29, 1.82) is 0 Å². The van der Waals surface area contributed by atoms with E-state index >= 15 is 0 Å². The van der Waals surface area contributed by atoms with Crippen LogP contribution < -0.4 is 5.32 Å². The van der Waals surface area contributed by atoms with Crippen LogP contribution in [0, 0.1) is 0 Å². The van der Waals surface area contributed by atoms with E-state index in [-0.39, 0.29) is 5.91 Å². The fraction of sp³-hybridized carbons (Fsp3) is 0.692. The molecule has 110 valence electrons. The van der Waals surface area contributed by atoms with Gasteiger partial charge in [-0.3, -0.25) is 9.63 Å². The third-order valence-electron chi connectivity index (χ3n) is 2.13. The van der Waals surface area contributed by atoms with Gasteiger partial charge in [-0.1, -0.05) is 5.57 Å². The Bertz CT molecular complexity index is 347. The number of likely N-dealkylation sites (N-methyl/N-ethyl adjacent to an activating group) is 1. The number of alkyl carbamates (subject to hydrolysis) is 1. The molecule has 0 radical (unpaired) electrons. The van der Waals surface area contributed by atoms with Crippen molar-refractivity contribution in [3.63, 3.8) is 0 Å². The van der Waals surface area contributed by atoms with Crippen LogP contribution in [0.4, 0.5) is 4.79 Å². The number of amides is 2. The fourth-order valence-electron chi connectivity index (χ4n) is 1.31. The first-order valence-corrected chi connectivity index (χ1v) is 6.02. The van der Waals surface area contributed by atoms with Gasteiger partial charge < -0.3 is 10.1 Å². The molecule has 2 amide bonds. The topological polar surface area (TPSA) is 67.9 Å². The van der Waals surface area contributed by atoms with Crippen LogP contribution in [-0.2, 0) is 14.4 Å². The third kappa shape index (κ3) is 7.46. The maximum atomic E-state index is 12.0. The lowest BCUT2D eigenvalue weighted by Crippen LogP contribution is -2.48. The van der Waals surface area contributed by atoms with Gasteiger partial charge in [0.1, 0.15) is 11.6 Å². The van der Waals surface area contributed by atoms with Gasteiger partial charge in [-0.25, -0.2) is 9.86 Å². The van der Waals surface area contributed by atoms with E-state index in [0.717, 1.165) is 10.6 Å². The second-order valence-corrected chi connectivity index (χ2v) is 5.38. The Kier molecular flexibility index (Phi) is 6.55. The molecule has 0 saturated carbocycles. The molecule has 1 N–H and O–H groups in total. The molecule has 0 rings (SSSR count). The lowest BCUT2D eigenvalue weighted by molar-refractivity contribution is -0.171. The largest absolute Gasteiger partial charge is 0.444 e.